The van der Waals surface area contributed by atoms with E-state index in [0.29, 0.717) is 13.2 Å². The molecule has 2 rings (SSSR count). The quantitative estimate of drug-likeness (QED) is 0.755. The Bertz CT molecular complexity index is 297. The van der Waals surface area contributed by atoms with Gasteiger partial charge in [-0.3, -0.25) is 4.79 Å². The van der Waals surface area contributed by atoms with E-state index in [0.717, 1.165) is 32.4 Å². The fourth-order valence-corrected chi connectivity index (χ4v) is 2.88. The highest BCUT2D eigenvalue weighted by molar-refractivity contribution is 5.78. The summed E-state index contributed by atoms with van der Waals surface area (Å²) in [4.78, 5) is 14.2. The summed E-state index contributed by atoms with van der Waals surface area (Å²) in [5.41, 5.74) is -0.248. The van der Waals surface area contributed by atoms with Crippen molar-refractivity contribution in [3.63, 3.8) is 0 Å². The topological polar surface area (TPSA) is 38.8 Å². The first-order valence-electron chi connectivity index (χ1n) is 7.11. The Kier molecular flexibility index (Phi) is 4.28. The minimum Gasteiger partial charge on any atom is -0.378 e. The summed E-state index contributed by atoms with van der Waals surface area (Å²) in [7, 11) is 0. The number of rotatable bonds is 2. The molecule has 2 heterocycles. The van der Waals surface area contributed by atoms with Crippen molar-refractivity contribution in [1.82, 2.24) is 4.90 Å². The van der Waals surface area contributed by atoms with Crippen LogP contribution in [0.3, 0.4) is 0 Å². The van der Waals surface area contributed by atoms with Crippen LogP contribution in [0.1, 0.15) is 40.0 Å². The number of hydrogen-bond acceptors (Lipinski definition) is 3. The summed E-state index contributed by atoms with van der Waals surface area (Å²) in [6.07, 6.45) is 3.14. The van der Waals surface area contributed by atoms with Crippen LogP contribution >= 0.6 is 0 Å². The van der Waals surface area contributed by atoms with E-state index in [9.17, 15) is 4.79 Å². The van der Waals surface area contributed by atoms with Gasteiger partial charge < -0.3 is 14.4 Å². The first kappa shape index (κ1) is 13.8. The molecule has 2 fully saturated rings. The number of carbonyl (C=O) groups is 1. The van der Waals surface area contributed by atoms with Gasteiger partial charge in [-0.2, -0.15) is 0 Å². The average molecular weight is 255 g/mol. The highest BCUT2D eigenvalue weighted by atomic mass is 16.6. The smallest absolute Gasteiger partial charge is 0.225 e. The first-order chi connectivity index (χ1) is 8.56. The number of hydrogen-bond donors (Lipinski definition) is 0. The highest BCUT2D eigenvalue weighted by Crippen LogP contribution is 2.31. The predicted molar refractivity (Wildman–Crippen MR) is 69.4 cm³/mol. The molecular formula is C14H25NO3. The van der Waals surface area contributed by atoms with E-state index in [1.807, 2.05) is 18.7 Å². The van der Waals surface area contributed by atoms with Gasteiger partial charge in [0.1, 0.15) is 5.60 Å². The van der Waals surface area contributed by atoms with Crippen LogP contribution in [0.5, 0.6) is 0 Å². The van der Waals surface area contributed by atoms with Crippen LogP contribution < -0.4 is 0 Å². The zero-order valence-electron chi connectivity index (χ0n) is 11.8. The van der Waals surface area contributed by atoms with Gasteiger partial charge in [-0.1, -0.05) is 20.8 Å². The van der Waals surface area contributed by atoms with E-state index in [4.69, 9.17) is 9.47 Å². The molecule has 0 bridgehead atoms. The molecule has 2 aliphatic heterocycles. The molecule has 2 aliphatic rings. The van der Waals surface area contributed by atoms with Gasteiger partial charge in [0, 0.05) is 19.1 Å². The lowest BCUT2D eigenvalue weighted by atomic mass is 9.92. The van der Waals surface area contributed by atoms with E-state index < -0.39 is 0 Å². The van der Waals surface area contributed by atoms with Gasteiger partial charge in [-0.15, -0.1) is 0 Å². The Morgan fingerprint density at radius 2 is 2.28 bits per heavy atom. The maximum atomic E-state index is 12.2. The van der Waals surface area contributed by atoms with Crippen LogP contribution in [0.2, 0.25) is 0 Å². The van der Waals surface area contributed by atoms with Gasteiger partial charge in [0.05, 0.1) is 19.3 Å². The maximum absolute atomic E-state index is 12.2. The molecule has 0 saturated carbocycles. The van der Waals surface area contributed by atoms with Crippen molar-refractivity contribution >= 4 is 5.91 Å². The third kappa shape index (κ3) is 2.86. The van der Waals surface area contributed by atoms with Crippen molar-refractivity contribution in [1.29, 1.82) is 0 Å². The summed E-state index contributed by atoms with van der Waals surface area (Å²) in [5, 5.41) is 0. The lowest BCUT2D eigenvalue weighted by molar-refractivity contribution is -0.204. The molecule has 2 atom stereocenters. The first-order valence-corrected chi connectivity index (χ1v) is 7.11. The second-order valence-corrected chi connectivity index (χ2v) is 5.86. The molecule has 0 aromatic carbocycles. The highest BCUT2D eigenvalue weighted by Gasteiger charge is 2.43. The van der Waals surface area contributed by atoms with E-state index in [1.165, 1.54) is 0 Å². The molecule has 18 heavy (non-hydrogen) atoms. The molecule has 1 spiro atoms. The average Bonchev–Trinajstić information content (AvgIpc) is 2.37. The van der Waals surface area contributed by atoms with Gasteiger partial charge in [-0.25, -0.2) is 0 Å². The van der Waals surface area contributed by atoms with Crippen LogP contribution in [0.25, 0.3) is 0 Å². The Labute approximate surface area is 110 Å². The predicted octanol–water partition coefficient (Wildman–Crippen LogP) is 1.83. The third-order valence-corrected chi connectivity index (χ3v) is 3.87. The zero-order valence-corrected chi connectivity index (χ0v) is 11.8. The molecule has 0 aliphatic carbocycles. The molecule has 0 N–H and O–H groups in total. The van der Waals surface area contributed by atoms with Gasteiger partial charge in [-0.05, 0) is 19.3 Å². The van der Waals surface area contributed by atoms with Crippen molar-refractivity contribution in [2.24, 2.45) is 5.92 Å². The minimum atomic E-state index is -0.248. The molecule has 2 unspecified atom stereocenters. The van der Waals surface area contributed by atoms with Gasteiger partial charge in [0.2, 0.25) is 5.91 Å². The third-order valence-electron chi connectivity index (χ3n) is 3.87. The molecular weight excluding hydrogens is 230 g/mol. The number of carbonyl (C=O) groups excluding carboxylic acids is 1. The van der Waals surface area contributed by atoms with Crippen molar-refractivity contribution in [3.05, 3.63) is 0 Å². The molecule has 104 valence electrons. The molecule has 0 aromatic rings. The molecule has 4 nitrogen and oxygen atoms in total. The zero-order chi connectivity index (χ0) is 13.2. The van der Waals surface area contributed by atoms with Crippen LogP contribution in [0.15, 0.2) is 0 Å². The van der Waals surface area contributed by atoms with Crippen molar-refractivity contribution in [3.8, 4) is 0 Å². The standard InChI is InChI=1S/C14H25NO3/c1-4-12-8-15(13(16)11(2)3)9-14(18-12)6-5-7-17-10-14/h11-12H,4-10H2,1-3H3. The van der Waals surface area contributed by atoms with E-state index >= 15 is 0 Å². The number of nitrogens with zero attached hydrogens (tertiary/aromatic N) is 1. The Balaban J connectivity index is 2.10. The molecule has 2 saturated heterocycles. The number of morpholine rings is 1. The Morgan fingerprint density at radius 3 is 2.83 bits per heavy atom. The van der Waals surface area contributed by atoms with E-state index in [2.05, 4.69) is 6.92 Å². The minimum absolute atomic E-state index is 0.0576. The largest absolute Gasteiger partial charge is 0.378 e. The summed E-state index contributed by atoms with van der Waals surface area (Å²) in [6, 6.07) is 0. The van der Waals surface area contributed by atoms with E-state index in [-0.39, 0.29) is 23.5 Å². The molecule has 1 amide bonds. The fraction of sp³-hybridized carbons (Fsp3) is 0.929. The Hall–Kier alpha value is -0.610. The normalized spacial score (nSPS) is 33.1. The SMILES string of the molecule is CCC1CN(C(=O)C(C)C)CC2(CCCOC2)O1. The van der Waals surface area contributed by atoms with Crippen LogP contribution in [-0.2, 0) is 14.3 Å². The second-order valence-electron chi connectivity index (χ2n) is 5.86. The lowest BCUT2D eigenvalue weighted by Crippen LogP contribution is -2.60. The molecule has 4 heteroatoms. The van der Waals surface area contributed by atoms with Crippen LogP contribution in [0.4, 0.5) is 0 Å². The van der Waals surface area contributed by atoms with Gasteiger partial charge in [0.15, 0.2) is 0 Å². The second kappa shape index (κ2) is 5.57. The summed E-state index contributed by atoms with van der Waals surface area (Å²) in [6.45, 7) is 8.91. The summed E-state index contributed by atoms with van der Waals surface area (Å²) >= 11 is 0. The van der Waals surface area contributed by atoms with Gasteiger partial charge >= 0.3 is 0 Å². The van der Waals surface area contributed by atoms with Crippen molar-refractivity contribution in [2.45, 2.75) is 51.7 Å². The van der Waals surface area contributed by atoms with Crippen molar-refractivity contribution in [2.75, 3.05) is 26.3 Å². The number of amides is 1. The van der Waals surface area contributed by atoms with Gasteiger partial charge in [0.25, 0.3) is 0 Å². The molecule has 0 aromatic heterocycles. The van der Waals surface area contributed by atoms with Crippen LogP contribution in [-0.4, -0.2) is 48.8 Å². The summed E-state index contributed by atoms with van der Waals surface area (Å²) < 4.78 is 11.8. The monoisotopic (exact) mass is 255 g/mol. The fourth-order valence-electron chi connectivity index (χ4n) is 2.88. The van der Waals surface area contributed by atoms with Crippen molar-refractivity contribution < 1.29 is 14.3 Å². The maximum Gasteiger partial charge on any atom is 0.225 e. The lowest BCUT2D eigenvalue weighted by Gasteiger charge is -2.48. The summed E-state index contributed by atoms with van der Waals surface area (Å²) in [5.74, 6) is 0.295. The Morgan fingerprint density at radius 1 is 1.50 bits per heavy atom. The number of ether oxygens (including phenoxy) is 2. The van der Waals surface area contributed by atoms with Crippen LogP contribution in [0, 0.1) is 5.92 Å². The molecule has 0 radical (unpaired) electrons. The van der Waals surface area contributed by atoms with E-state index in [1.54, 1.807) is 0 Å².